The second-order valence-corrected chi connectivity index (χ2v) is 9.67. The molecule has 3 aliphatic heterocycles. The smallest absolute Gasteiger partial charge is 0.255 e. The number of thiazole rings is 1. The van der Waals surface area contributed by atoms with Gasteiger partial charge in [0.15, 0.2) is 0 Å². The molecule has 1 N–H and O–H groups in total. The highest BCUT2D eigenvalue weighted by atomic mass is 32.1. The van der Waals surface area contributed by atoms with Crippen molar-refractivity contribution >= 4 is 17.2 Å². The van der Waals surface area contributed by atoms with Crippen LogP contribution < -0.4 is 10.9 Å². The van der Waals surface area contributed by atoms with Gasteiger partial charge < -0.3 is 9.88 Å². The van der Waals surface area contributed by atoms with Gasteiger partial charge in [-0.3, -0.25) is 19.4 Å². The Morgan fingerprint density at radius 3 is 2.86 bits per heavy atom. The van der Waals surface area contributed by atoms with E-state index in [1.54, 1.807) is 11.3 Å². The molecule has 2 saturated heterocycles. The summed E-state index contributed by atoms with van der Waals surface area (Å²) < 4.78 is 2.02. The van der Waals surface area contributed by atoms with Crippen molar-refractivity contribution in [2.24, 2.45) is 5.92 Å². The van der Waals surface area contributed by atoms with Crippen LogP contribution >= 0.6 is 11.3 Å². The van der Waals surface area contributed by atoms with E-state index >= 15 is 0 Å². The highest BCUT2D eigenvalue weighted by Crippen LogP contribution is 2.35. The third-order valence-corrected chi connectivity index (χ3v) is 7.14. The van der Waals surface area contributed by atoms with Gasteiger partial charge in [0, 0.05) is 68.4 Å². The van der Waals surface area contributed by atoms with Gasteiger partial charge in [-0.1, -0.05) is 6.07 Å². The summed E-state index contributed by atoms with van der Waals surface area (Å²) in [7, 11) is 0. The maximum absolute atomic E-state index is 13.2. The first kappa shape index (κ1) is 19.0. The van der Waals surface area contributed by atoms with Gasteiger partial charge in [0.2, 0.25) is 5.91 Å². The van der Waals surface area contributed by atoms with Crippen LogP contribution in [0.25, 0.3) is 0 Å². The molecule has 0 saturated carbocycles. The number of amides is 1. The van der Waals surface area contributed by atoms with Crippen LogP contribution in [0.1, 0.15) is 34.3 Å². The number of hydrogen-bond acceptors (Lipinski definition) is 6. The third-order valence-electron chi connectivity index (χ3n) is 6.32. The Morgan fingerprint density at radius 1 is 1.17 bits per heavy atom. The second kappa shape index (κ2) is 7.66. The molecule has 5 rings (SSSR count). The molecular formula is C21H27N5O2S. The number of piperazine rings is 1. The van der Waals surface area contributed by atoms with E-state index in [0.717, 1.165) is 55.4 Å². The summed E-state index contributed by atoms with van der Waals surface area (Å²) >= 11 is 1.71. The SMILES string of the molecule is Cc1nc(CN2C[C@@H]3C[C@H](C2)c2ccc(CN4CCNC(=O)C4)c(=O)n2C3)cs1. The van der Waals surface area contributed by atoms with Crippen molar-refractivity contribution in [3.05, 3.63) is 49.8 Å². The molecule has 0 spiro atoms. The topological polar surface area (TPSA) is 70.5 Å². The molecule has 0 unspecified atom stereocenters. The van der Waals surface area contributed by atoms with Crippen molar-refractivity contribution in [1.29, 1.82) is 0 Å². The Labute approximate surface area is 174 Å². The van der Waals surface area contributed by atoms with Crippen molar-refractivity contribution in [3.8, 4) is 0 Å². The number of aromatic nitrogens is 2. The Morgan fingerprint density at radius 2 is 2.07 bits per heavy atom. The van der Waals surface area contributed by atoms with Gasteiger partial charge in [-0.15, -0.1) is 11.3 Å². The molecule has 7 nitrogen and oxygen atoms in total. The number of carbonyl (C=O) groups excluding carboxylic acids is 1. The maximum atomic E-state index is 13.2. The Bertz CT molecular complexity index is 984. The molecule has 2 bridgehead atoms. The summed E-state index contributed by atoms with van der Waals surface area (Å²) in [4.78, 5) is 34.0. The molecule has 29 heavy (non-hydrogen) atoms. The van der Waals surface area contributed by atoms with Gasteiger partial charge in [-0.25, -0.2) is 4.98 Å². The van der Waals surface area contributed by atoms with Crippen molar-refractivity contribution in [2.75, 3.05) is 32.7 Å². The number of carbonyl (C=O) groups is 1. The van der Waals surface area contributed by atoms with E-state index in [1.165, 1.54) is 5.69 Å². The van der Waals surface area contributed by atoms with Gasteiger partial charge in [0.25, 0.3) is 5.56 Å². The van der Waals surface area contributed by atoms with E-state index in [-0.39, 0.29) is 11.5 Å². The zero-order valence-corrected chi connectivity index (χ0v) is 17.6. The first-order valence-electron chi connectivity index (χ1n) is 10.4. The van der Waals surface area contributed by atoms with Gasteiger partial charge in [-0.2, -0.15) is 0 Å². The maximum Gasteiger partial charge on any atom is 0.255 e. The fourth-order valence-corrected chi connectivity index (χ4v) is 5.72. The predicted molar refractivity (Wildman–Crippen MR) is 112 cm³/mol. The van der Waals surface area contributed by atoms with E-state index in [2.05, 4.69) is 38.5 Å². The molecule has 5 heterocycles. The molecule has 0 aliphatic carbocycles. The zero-order chi connectivity index (χ0) is 20.0. The molecule has 1 amide bonds. The van der Waals surface area contributed by atoms with E-state index in [0.29, 0.717) is 31.5 Å². The standard InChI is InChI=1S/C21H27N5O2S/c1-14-23-18(13-29-14)11-25-7-15-6-17(10-25)19-3-2-16(21(28)26(19)8-15)9-24-5-4-22-20(27)12-24/h2-3,13,15,17H,4-12H2,1H3,(H,22,27)/t15-,17+/m0/s1. The molecule has 2 aromatic heterocycles. The van der Waals surface area contributed by atoms with Crippen molar-refractivity contribution in [3.63, 3.8) is 0 Å². The van der Waals surface area contributed by atoms with E-state index in [9.17, 15) is 9.59 Å². The van der Waals surface area contributed by atoms with E-state index in [1.807, 2.05) is 10.6 Å². The fourth-order valence-electron chi connectivity index (χ4n) is 5.12. The van der Waals surface area contributed by atoms with Crippen molar-refractivity contribution in [2.45, 2.75) is 38.9 Å². The van der Waals surface area contributed by atoms with E-state index < -0.39 is 0 Å². The minimum atomic E-state index is 0.0410. The summed E-state index contributed by atoms with van der Waals surface area (Å²) in [5.41, 5.74) is 3.27. The Balaban J connectivity index is 1.33. The summed E-state index contributed by atoms with van der Waals surface area (Å²) in [6.45, 7) is 8.13. The first-order chi connectivity index (χ1) is 14.0. The summed E-state index contributed by atoms with van der Waals surface area (Å²) in [6, 6.07) is 4.14. The molecule has 0 aromatic carbocycles. The van der Waals surface area contributed by atoms with Crippen LogP contribution in [0.15, 0.2) is 22.3 Å². The zero-order valence-electron chi connectivity index (χ0n) is 16.8. The minimum absolute atomic E-state index is 0.0410. The number of pyridine rings is 1. The number of rotatable bonds is 4. The largest absolute Gasteiger partial charge is 0.354 e. The summed E-state index contributed by atoms with van der Waals surface area (Å²) in [5, 5.41) is 6.12. The second-order valence-electron chi connectivity index (χ2n) is 8.61. The quantitative estimate of drug-likeness (QED) is 0.815. The number of nitrogens with zero attached hydrogens (tertiary/aromatic N) is 4. The minimum Gasteiger partial charge on any atom is -0.354 e. The molecule has 3 aliphatic rings. The van der Waals surface area contributed by atoms with Gasteiger partial charge in [0.05, 0.1) is 17.2 Å². The number of nitrogens with one attached hydrogen (secondary N) is 1. The average molecular weight is 414 g/mol. The summed E-state index contributed by atoms with van der Waals surface area (Å²) in [6.07, 6.45) is 1.16. The molecule has 154 valence electrons. The molecule has 2 fully saturated rings. The van der Waals surface area contributed by atoms with Crippen LogP contribution in [0.5, 0.6) is 0 Å². The third kappa shape index (κ3) is 3.89. The van der Waals surface area contributed by atoms with Crippen LogP contribution in [0.2, 0.25) is 0 Å². The predicted octanol–water partition coefficient (Wildman–Crippen LogP) is 1.16. The normalized spacial score (nSPS) is 24.9. The number of piperidine rings is 1. The van der Waals surface area contributed by atoms with E-state index in [4.69, 9.17) is 0 Å². The van der Waals surface area contributed by atoms with Crippen molar-refractivity contribution in [1.82, 2.24) is 24.7 Å². The van der Waals surface area contributed by atoms with Gasteiger partial charge >= 0.3 is 0 Å². The van der Waals surface area contributed by atoms with Gasteiger partial charge in [-0.05, 0) is 25.3 Å². The lowest BCUT2D eigenvalue weighted by Crippen LogP contribution is -2.49. The highest BCUT2D eigenvalue weighted by Gasteiger charge is 2.35. The van der Waals surface area contributed by atoms with Gasteiger partial charge in [0.1, 0.15) is 0 Å². The lowest BCUT2D eigenvalue weighted by molar-refractivity contribution is -0.124. The first-order valence-corrected chi connectivity index (χ1v) is 11.3. The van der Waals surface area contributed by atoms with Crippen LogP contribution in [-0.4, -0.2) is 58.0 Å². The number of aryl methyl sites for hydroxylation is 1. The lowest BCUT2D eigenvalue weighted by Gasteiger charge is -2.42. The molecular weight excluding hydrogens is 386 g/mol. The average Bonchev–Trinajstić information content (AvgIpc) is 3.09. The van der Waals surface area contributed by atoms with Crippen LogP contribution in [0.3, 0.4) is 0 Å². The van der Waals surface area contributed by atoms with Crippen LogP contribution in [0.4, 0.5) is 0 Å². The Kier molecular flexibility index (Phi) is 5.01. The lowest BCUT2D eigenvalue weighted by atomic mass is 9.83. The van der Waals surface area contributed by atoms with Crippen LogP contribution in [0, 0.1) is 12.8 Å². The molecule has 2 atom stereocenters. The summed E-state index contributed by atoms with van der Waals surface area (Å²) in [5.74, 6) is 0.957. The highest BCUT2D eigenvalue weighted by molar-refractivity contribution is 7.09. The number of likely N-dealkylation sites (tertiary alicyclic amines) is 1. The number of hydrogen-bond donors (Lipinski definition) is 1. The molecule has 8 heteroatoms. The fraction of sp³-hybridized carbons (Fsp3) is 0.571. The van der Waals surface area contributed by atoms with Crippen molar-refractivity contribution < 1.29 is 4.79 Å². The monoisotopic (exact) mass is 413 g/mol. The Hall–Kier alpha value is -2.03. The molecule has 0 radical (unpaired) electrons. The number of fused-ring (bicyclic) bond motifs is 4. The van der Waals surface area contributed by atoms with Crippen LogP contribution in [-0.2, 0) is 24.4 Å². The molecule has 2 aromatic rings.